The summed E-state index contributed by atoms with van der Waals surface area (Å²) >= 11 is 6.88. The molecule has 0 unspecified atom stereocenters. The first-order chi connectivity index (χ1) is 20.0. The Morgan fingerprint density at radius 3 is 2.37 bits per heavy atom. The van der Waals surface area contributed by atoms with Gasteiger partial charge >= 0.3 is 0 Å². The van der Waals surface area contributed by atoms with Crippen LogP contribution in [0.1, 0.15) is 16.7 Å². The van der Waals surface area contributed by atoms with Gasteiger partial charge in [0.1, 0.15) is 28.2 Å². The van der Waals surface area contributed by atoms with Crippen LogP contribution in [0.3, 0.4) is 0 Å². The Morgan fingerprint density at radius 2 is 1.61 bits per heavy atom. The van der Waals surface area contributed by atoms with Crippen molar-refractivity contribution in [2.45, 2.75) is 13.2 Å². The van der Waals surface area contributed by atoms with Crippen molar-refractivity contribution in [1.82, 2.24) is 14.7 Å². The van der Waals surface area contributed by atoms with Crippen LogP contribution >= 0.6 is 24.0 Å². The molecule has 1 aliphatic heterocycles. The fourth-order valence-electron chi connectivity index (χ4n) is 4.45. The Bertz CT molecular complexity index is 1740. The third-order valence-corrected chi connectivity index (χ3v) is 7.91. The molecule has 4 aromatic carbocycles. The molecule has 2 heterocycles. The Labute approximate surface area is 246 Å². The summed E-state index contributed by atoms with van der Waals surface area (Å²) in [5, 5.41) is 4.90. The van der Waals surface area contributed by atoms with Crippen LogP contribution in [0.25, 0.3) is 23.0 Å². The third kappa shape index (κ3) is 6.14. The van der Waals surface area contributed by atoms with E-state index < -0.39 is 0 Å². The lowest BCUT2D eigenvalue weighted by Gasteiger charge is -2.14. The maximum absolute atomic E-state index is 13.4. The van der Waals surface area contributed by atoms with Crippen molar-refractivity contribution in [3.8, 4) is 22.7 Å². The number of aromatic nitrogens is 2. The first-order valence-corrected chi connectivity index (χ1v) is 14.2. The van der Waals surface area contributed by atoms with Gasteiger partial charge in [0.05, 0.1) is 17.1 Å². The minimum atomic E-state index is -0.283. The predicted molar refractivity (Wildman–Crippen MR) is 165 cm³/mol. The van der Waals surface area contributed by atoms with E-state index >= 15 is 0 Å². The molecule has 0 atom stereocenters. The molecule has 1 saturated heterocycles. The number of benzene rings is 4. The molecule has 6 rings (SSSR count). The van der Waals surface area contributed by atoms with Crippen molar-refractivity contribution >= 4 is 40.3 Å². The number of para-hydroxylation sites is 1. The van der Waals surface area contributed by atoms with Crippen LogP contribution in [0.2, 0.25) is 0 Å². The zero-order valence-electron chi connectivity index (χ0n) is 21.8. The second-order valence-corrected chi connectivity index (χ2v) is 11.1. The average molecular weight is 578 g/mol. The smallest absolute Gasteiger partial charge is 0.266 e. The van der Waals surface area contributed by atoms with Gasteiger partial charge in [0, 0.05) is 17.3 Å². The van der Waals surface area contributed by atoms with Crippen LogP contribution in [0.4, 0.5) is 4.39 Å². The summed E-state index contributed by atoms with van der Waals surface area (Å²) in [7, 11) is 0. The van der Waals surface area contributed by atoms with Gasteiger partial charge in [0.2, 0.25) is 0 Å². The topological polar surface area (TPSA) is 47.4 Å². The number of nitrogens with zero attached hydrogens (tertiary/aromatic N) is 3. The highest BCUT2D eigenvalue weighted by atomic mass is 32.2. The van der Waals surface area contributed by atoms with Gasteiger partial charge in [0.15, 0.2) is 0 Å². The molecular formula is C33H24FN3O2S2. The van der Waals surface area contributed by atoms with Gasteiger partial charge in [-0.15, -0.1) is 0 Å². The number of hydrogen-bond donors (Lipinski definition) is 0. The first-order valence-electron chi connectivity index (χ1n) is 13.0. The van der Waals surface area contributed by atoms with Crippen LogP contribution in [0, 0.1) is 5.82 Å². The molecule has 0 spiro atoms. The number of amides is 1. The molecular weight excluding hydrogens is 554 g/mol. The quantitative estimate of drug-likeness (QED) is 0.140. The normalized spacial score (nSPS) is 14.2. The van der Waals surface area contributed by atoms with Gasteiger partial charge in [0.25, 0.3) is 5.91 Å². The second-order valence-electron chi connectivity index (χ2n) is 9.41. The van der Waals surface area contributed by atoms with E-state index in [1.807, 2.05) is 97.2 Å². The number of hydrogen-bond acceptors (Lipinski definition) is 5. The van der Waals surface area contributed by atoms with E-state index in [-0.39, 0.29) is 11.7 Å². The monoisotopic (exact) mass is 577 g/mol. The van der Waals surface area contributed by atoms with E-state index in [4.69, 9.17) is 22.1 Å². The SMILES string of the molecule is O=C1/C(=C/c2cn(-c3ccccc3)nc2-c2cccc(OCc3ccc(F)cc3)c2)SC(=S)N1Cc1ccccc1. The minimum absolute atomic E-state index is 0.126. The number of carbonyl (C=O) groups excluding carboxylic acids is 1. The summed E-state index contributed by atoms with van der Waals surface area (Å²) in [6.07, 6.45) is 3.78. The number of thioether (sulfide) groups is 1. The first kappa shape index (κ1) is 26.7. The molecule has 1 amide bonds. The zero-order valence-corrected chi connectivity index (χ0v) is 23.4. The van der Waals surface area contributed by atoms with Crippen molar-refractivity contribution in [3.63, 3.8) is 0 Å². The molecule has 1 aromatic heterocycles. The van der Waals surface area contributed by atoms with Gasteiger partial charge in [-0.25, -0.2) is 9.07 Å². The van der Waals surface area contributed by atoms with Crippen LogP contribution in [0.5, 0.6) is 5.75 Å². The maximum atomic E-state index is 13.4. The number of thiocarbonyl (C=S) groups is 1. The van der Waals surface area contributed by atoms with E-state index in [0.29, 0.717) is 33.8 Å². The molecule has 8 heteroatoms. The molecule has 5 aromatic rings. The number of ether oxygens (including phenoxy) is 1. The van der Waals surface area contributed by atoms with Crippen LogP contribution < -0.4 is 4.74 Å². The highest BCUT2D eigenvalue weighted by Crippen LogP contribution is 2.36. The summed E-state index contributed by atoms with van der Waals surface area (Å²) < 4.78 is 21.6. The van der Waals surface area contributed by atoms with Crippen molar-refractivity contribution < 1.29 is 13.9 Å². The van der Waals surface area contributed by atoms with Crippen LogP contribution in [-0.4, -0.2) is 24.9 Å². The van der Waals surface area contributed by atoms with E-state index in [1.165, 1.54) is 23.9 Å². The Morgan fingerprint density at radius 1 is 0.878 bits per heavy atom. The van der Waals surface area contributed by atoms with Gasteiger partial charge in [-0.05, 0) is 53.6 Å². The van der Waals surface area contributed by atoms with E-state index in [2.05, 4.69) is 0 Å². The van der Waals surface area contributed by atoms with Gasteiger partial charge < -0.3 is 4.74 Å². The number of carbonyl (C=O) groups is 1. The summed E-state index contributed by atoms with van der Waals surface area (Å²) in [5.41, 5.74) is 5.10. The molecule has 0 saturated carbocycles. The Kier molecular flexibility index (Phi) is 7.75. The molecule has 0 N–H and O–H groups in total. The largest absolute Gasteiger partial charge is 0.489 e. The van der Waals surface area contributed by atoms with Gasteiger partial charge in [-0.3, -0.25) is 9.69 Å². The van der Waals surface area contributed by atoms with E-state index in [0.717, 1.165) is 27.9 Å². The molecule has 0 bridgehead atoms. The molecule has 1 fully saturated rings. The van der Waals surface area contributed by atoms with Gasteiger partial charge in [-0.2, -0.15) is 5.10 Å². The fraction of sp³-hybridized carbons (Fsp3) is 0.0606. The van der Waals surface area contributed by atoms with Crippen molar-refractivity contribution in [1.29, 1.82) is 0 Å². The van der Waals surface area contributed by atoms with E-state index in [1.54, 1.807) is 21.7 Å². The fourth-order valence-corrected chi connectivity index (χ4v) is 5.70. The minimum Gasteiger partial charge on any atom is -0.489 e. The molecule has 1 aliphatic rings. The lowest BCUT2D eigenvalue weighted by molar-refractivity contribution is -0.122. The Balaban J connectivity index is 1.32. The maximum Gasteiger partial charge on any atom is 0.266 e. The number of rotatable bonds is 8. The summed E-state index contributed by atoms with van der Waals surface area (Å²) in [4.78, 5) is 15.6. The van der Waals surface area contributed by atoms with Crippen LogP contribution in [0.15, 0.2) is 120 Å². The van der Waals surface area contributed by atoms with Crippen molar-refractivity contribution in [2.24, 2.45) is 0 Å². The number of halogens is 1. The standard InChI is InChI=1S/C33H24FN3O2S2/c34-27-16-14-24(15-17-27)22-39-29-13-7-10-25(18-29)31-26(21-37(35-31)28-11-5-2-6-12-28)19-30-32(38)36(33(40)41-30)20-23-8-3-1-4-9-23/h1-19,21H,20,22H2/b30-19-. The second kappa shape index (κ2) is 11.9. The molecule has 41 heavy (non-hydrogen) atoms. The van der Waals surface area contributed by atoms with Gasteiger partial charge in [-0.1, -0.05) is 96.8 Å². The highest BCUT2D eigenvalue weighted by Gasteiger charge is 2.32. The van der Waals surface area contributed by atoms with Crippen molar-refractivity contribution in [2.75, 3.05) is 0 Å². The molecule has 202 valence electrons. The van der Waals surface area contributed by atoms with Crippen LogP contribution in [-0.2, 0) is 17.9 Å². The molecule has 0 aliphatic carbocycles. The lowest BCUT2D eigenvalue weighted by atomic mass is 10.1. The summed E-state index contributed by atoms with van der Waals surface area (Å²) in [6.45, 7) is 0.728. The third-order valence-electron chi connectivity index (χ3n) is 6.53. The molecule has 0 radical (unpaired) electrons. The Hall–Kier alpha value is -4.53. The highest BCUT2D eigenvalue weighted by molar-refractivity contribution is 8.26. The summed E-state index contributed by atoms with van der Waals surface area (Å²) in [5.74, 6) is 0.245. The van der Waals surface area contributed by atoms with Crippen molar-refractivity contribution in [3.05, 3.63) is 143 Å². The summed E-state index contributed by atoms with van der Waals surface area (Å²) in [6, 6.07) is 33.5. The predicted octanol–water partition coefficient (Wildman–Crippen LogP) is 7.66. The molecule has 5 nitrogen and oxygen atoms in total. The van der Waals surface area contributed by atoms with E-state index in [9.17, 15) is 9.18 Å². The lowest BCUT2D eigenvalue weighted by Crippen LogP contribution is -2.27. The average Bonchev–Trinajstić information content (AvgIpc) is 3.54. The zero-order chi connectivity index (χ0) is 28.2.